The fraction of sp³-hybridized carbons (Fsp3) is 0.522. The van der Waals surface area contributed by atoms with E-state index in [0.29, 0.717) is 23.9 Å². The van der Waals surface area contributed by atoms with Crippen molar-refractivity contribution in [1.82, 2.24) is 15.6 Å². The van der Waals surface area contributed by atoms with Gasteiger partial charge in [-0.25, -0.2) is 9.37 Å². The van der Waals surface area contributed by atoms with Crippen LogP contribution in [0.15, 0.2) is 35.8 Å². The van der Waals surface area contributed by atoms with Crippen LogP contribution in [0.5, 0.6) is 0 Å². The van der Waals surface area contributed by atoms with Gasteiger partial charge in [-0.05, 0) is 68.6 Å². The van der Waals surface area contributed by atoms with Gasteiger partial charge in [-0.3, -0.25) is 9.59 Å². The van der Waals surface area contributed by atoms with E-state index in [1.54, 1.807) is 29.7 Å². The lowest BCUT2D eigenvalue weighted by Crippen LogP contribution is -2.41. The fourth-order valence-electron chi connectivity index (χ4n) is 4.41. The van der Waals surface area contributed by atoms with E-state index in [4.69, 9.17) is 0 Å². The molecule has 160 valence electrons. The maximum atomic E-state index is 13.3. The zero-order chi connectivity index (χ0) is 20.9. The number of nitrogens with zero attached hydrogens (tertiary/aromatic N) is 1. The number of aromatic nitrogens is 1. The summed E-state index contributed by atoms with van der Waals surface area (Å²) in [7, 11) is 0. The number of thiazole rings is 1. The Morgan fingerprint density at radius 3 is 2.60 bits per heavy atom. The summed E-state index contributed by atoms with van der Waals surface area (Å²) in [5, 5.41) is 9.19. The molecule has 1 aromatic heterocycles. The highest BCUT2D eigenvalue weighted by Gasteiger charge is 2.34. The highest BCUT2D eigenvalue weighted by molar-refractivity contribution is 7.09. The number of rotatable bonds is 7. The molecule has 2 aliphatic carbocycles. The lowest BCUT2D eigenvalue weighted by molar-refractivity contribution is -0.128. The van der Waals surface area contributed by atoms with Crippen LogP contribution in [0, 0.1) is 23.6 Å². The van der Waals surface area contributed by atoms with Crippen LogP contribution in [0.1, 0.15) is 66.4 Å². The van der Waals surface area contributed by atoms with Crippen LogP contribution in [0.3, 0.4) is 0 Å². The summed E-state index contributed by atoms with van der Waals surface area (Å²) in [5.74, 6) is 0.478. The average molecular weight is 430 g/mol. The maximum Gasteiger partial charge on any atom is 0.251 e. The van der Waals surface area contributed by atoms with Gasteiger partial charge in [-0.15, -0.1) is 11.3 Å². The van der Waals surface area contributed by atoms with Gasteiger partial charge in [0.05, 0.1) is 6.04 Å². The Morgan fingerprint density at radius 1 is 1.17 bits per heavy atom. The predicted molar refractivity (Wildman–Crippen MR) is 115 cm³/mol. The van der Waals surface area contributed by atoms with E-state index in [-0.39, 0.29) is 23.8 Å². The van der Waals surface area contributed by atoms with Crippen LogP contribution in [0.4, 0.5) is 4.39 Å². The summed E-state index contributed by atoms with van der Waals surface area (Å²) in [6, 6.07) is 5.75. The molecule has 2 aromatic rings. The van der Waals surface area contributed by atoms with Crippen LogP contribution in [-0.4, -0.2) is 23.3 Å². The minimum absolute atomic E-state index is 0.0130. The summed E-state index contributed by atoms with van der Waals surface area (Å²) < 4.78 is 13.3. The molecule has 1 unspecified atom stereocenters. The minimum atomic E-state index is -0.402. The second-order valence-corrected chi connectivity index (χ2v) is 9.41. The Labute approximate surface area is 180 Å². The van der Waals surface area contributed by atoms with E-state index in [1.807, 2.05) is 5.38 Å². The Bertz CT molecular complexity index is 861. The monoisotopic (exact) mass is 429 g/mol. The van der Waals surface area contributed by atoms with Gasteiger partial charge in [-0.1, -0.05) is 12.5 Å². The maximum absolute atomic E-state index is 13.3. The van der Waals surface area contributed by atoms with E-state index in [2.05, 4.69) is 15.6 Å². The molecule has 2 aliphatic rings. The van der Waals surface area contributed by atoms with Gasteiger partial charge in [0.15, 0.2) is 0 Å². The average Bonchev–Trinajstić information content (AvgIpc) is 3.24. The molecule has 0 spiro atoms. The summed E-state index contributed by atoms with van der Waals surface area (Å²) in [6.45, 7) is 0.596. The molecular formula is C23H28FN3O2S. The van der Waals surface area contributed by atoms with Crippen LogP contribution >= 0.6 is 11.3 Å². The van der Waals surface area contributed by atoms with E-state index in [0.717, 1.165) is 50.0 Å². The number of amides is 2. The number of carbonyl (C=O) groups is 2. The smallest absolute Gasteiger partial charge is 0.251 e. The molecule has 0 aliphatic heterocycles. The first-order valence-electron chi connectivity index (χ1n) is 10.8. The van der Waals surface area contributed by atoms with Gasteiger partial charge < -0.3 is 10.6 Å². The van der Waals surface area contributed by atoms with E-state index in [9.17, 15) is 14.0 Å². The first-order valence-corrected chi connectivity index (χ1v) is 11.7. The Hall–Kier alpha value is -2.28. The molecular weight excluding hydrogens is 401 g/mol. The predicted octanol–water partition coefficient (Wildman–Crippen LogP) is 4.48. The largest absolute Gasteiger partial charge is 0.352 e. The molecule has 4 rings (SSSR count). The molecule has 2 N–H and O–H groups in total. The van der Waals surface area contributed by atoms with Crippen LogP contribution in [0.25, 0.3) is 0 Å². The third kappa shape index (κ3) is 5.06. The molecule has 2 amide bonds. The van der Waals surface area contributed by atoms with Crippen LogP contribution in [0.2, 0.25) is 0 Å². The lowest BCUT2D eigenvalue weighted by atomic mass is 9.78. The number of carbonyl (C=O) groups excluding carboxylic acids is 2. The van der Waals surface area contributed by atoms with Crippen LogP contribution in [-0.2, 0) is 4.79 Å². The quantitative estimate of drug-likeness (QED) is 0.682. The molecule has 0 bridgehead atoms. The molecule has 5 nitrogen and oxygen atoms in total. The standard InChI is InChI=1S/C23H28FN3O2S/c24-19-6-2-5-18(13-19)21(28)26-14-15-7-9-16(10-8-15)20(23-25-11-12-30-23)27-22(29)17-3-1-4-17/h2,5-6,11-13,15-17,20H,1,3-4,7-10,14H2,(H,26,28)(H,27,29). The van der Waals surface area contributed by atoms with Gasteiger partial charge in [0.25, 0.3) is 5.91 Å². The summed E-state index contributed by atoms with van der Waals surface area (Å²) in [5.41, 5.74) is 0.353. The van der Waals surface area contributed by atoms with Crippen molar-refractivity contribution in [3.63, 3.8) is 0 Å². The third-order valence-electron chi connectivity index (χ3n) is 6.49. The van der Waals surface area contributed by atoms with Crippen LogP contribution < -0.4 is 10.6 Å². The Balaban J connectivity index is 1.29. The molecule has 0 saturated heterocycles. The summed E-state index contributed by atoms with van der Waals surface area (Å²) in [6.07, 6.45) is 8.92. The molecule has 1 aromatic carbocycles. The zero-order valence-corrected chi connectivity index (χ0v) is 17.8. The number of hydrogen-bond donors (Lipinski definition) is 2. The molecule has 2 saturated carbocycles. The van der Waals surface area contributed by atoms with Crippen molar-refractivity contribution in [2.45, 2.75) is 51.0 Å². The van der Waals surface area contributed by atoms with Crippen molar-refractivity contribution in [3.05, 3.63) is 52.2 Å². The Morgan fingerprint density at radius 2 is 1.97 bits per heavy atom. The highest BCUT2D eigenvalue weighted by atomic mass is 32.1. The van der Waals surface area contributed by atoms with Crippen molar-refractivity contribution in [2.75, 3.05) is 6.54 Å². The van der Waals surface area contributed by atoms with Crippen molar-refractivity contribution in [3.8, 4) is 0 Å². The molecule has 1 atom stereocenters. The molecule has 0 radical (unpaired) electrons. The van der Waals surface area contributed by atoms with E-state index in [1.165, 1.54) is 12.1 Å². The number of hydrogen-bond acceptors (Lipinski definition) is 4. The first-order chi connectivity index (χ1) is 14.6. The highest BCUT2D eigenvalue weighted by Crippen LogP contribution is 2.38. The van der Waals surface area contributed by atoms with Gasteiger partial charge in [-0.2, -0.15) is 0 Å². The number of nitrogens with one attached hydrogen (secondary N) is 2. The minimum Gasteiger partial charge on any atom is -0.352 e. The number of benzene rings is 1. The normalized spacial score (nSPS) is 22.7. The lowest BCUT2D eigenvalue weighted by Gasteiger charge is -2.35. The van der Waals surface area contributed by atoms with Crippen molar-refractivity contribution >= 4 is 23.2 Å². The third-order valence-corrected chi connectivity index (χ3v) is 7.35. The Kier molecular flexibility index (Phi) is 6.77. The summed E-state index contributed by atoms with van der Waals surface area (Å²) in [4.78, 5) is 29.3. The molecule has 30 heavy (non-hydrogen) atoms. The topological polar surface area (TPSA) is 71.1 Å². The van der Waals surface area contributed by atoms with E-state index < -0.39 is 5.82 Å². The van der Waals surface area contributed by atoms with Crippen molar-refractivity contribution in [2.24, 2.45) is 17.8 Å². The fourth-order valence-corrected chi connectivity index (χ4v) is 5.19. The van der Waals surface area contributed by atoms with Gasteiger partial charge in [0, 0.05) is 29.6 Å². The molecule has 7 heteroatoms. The van der Waals surface area contributed by atoms with Gasteiger partial charge >= 0.3 is 0 Å². The number of halogens is 1. The van der Waals surface area contributed by atoms with Gasteiger partial charge in [0.1, 0.15) is 10.8 Å². The molecule has 2 fully saturated rings. The first kappa shape index (κ1) is 21.0. The van der Waals surface area contributed by atoms with Crippen molar-refractivity contribution < 1.29 is 14.0 Å². The van der Waals surface area contributed by atoms with Crippen molar-refractivity contribution in [1.29, 1.82) is 0 Å². The van der Waals surface area contributed by atoms with Gasteiger partial charge in [0.2, 0.25) is 5.91 Å². The SMILES string of the molecule is O=C(NCC1CCC(C(NC(=O)C2CCC2)c2nccs2)CC1)c1cccc(F)c1. The molecule has 1 heterocycles. The second kappa shape index (κ2) is 9.69. The van der Waals surface area contributed by atoms with E-state index >= 15 is 0 Å². The summed E-state index contributed by atoms with van der Waals surface area (Å²) >= 11 is 1.60. The second-order valence-electron chi connectivity index (χ2n) is 8.49. The zero-order valence-electron chi connectivity index (χ0n) is 17.0.